The van der Waals surface area contributed by atoms with Crippen LogP contribution in [0, 0.1) is 0 Å². The number of methoxy groups -OCH3 is 3. The maximum Gasteiger partial charge on any atom is 0.429 e. The lowest BCUT2D eigenvalue weighted by atomic mass is 10.1. The van der Waals surface area contributed by atoms with Crippen molar-refractivity contribution in [1.82, 2.24) is 0 Å². The quantitative estimate of drug-likeness (QED) is 0.720. The number of esters is 2. The van der Waals surface area contributed by atoms with E-state index in [1.165, 1.54) is 31.4 Å². The third-order valence-electron chi connectivity index (χ3n) is 2.95. The molecule has 2 rings (SSSR count). The highest BCUT2D eigenvalue weighted by molar-refractivity contribution is 7.86. The Labute approximate surface area is 137 Å². The summed E-state index contributed by atoms with van der Waals surface area (Å²) in [6, 6.07) is 4.22. The number of fused-ring (bicyclic) bond motifs is 1. The lowest BCUT2D eigenvalue weighted by Gasteiger charge is -2.14. The number of rotatable bonds is 3. The molecule has 0 spiro atoms. The molecule has 0 N–H and O–H groups in total. The van der Waals surface area contributed by atoms with Crippen LogP contribution in [0.15, 0.2) is 28.2 Å². The fraction of sp³-hybridized carbons (Fsp3) is 0.214. The predicted molar refractivity (Wildman–Crippen MR) is 82.0 cm³/mol. The molecule has 0 fully saturated rings. The minimum absolute atomic E-state index is 0.0927. The third kappa shape index (κ3) is 3.54. The van der Waals surface area contributed by atoms with Gasteiger partial charge in [0.05, 0.1) is 26.9 Å². The SMILES string of the molecule is COC(=O)C1=C/c2cc(OC)ccc2OS(=O)(=O)/N=C\1C(=O)OC. The van der Waals surface area contributed by atoms with Crippen LogP contribution in [-0.4, -0.2) is 47.4 Å². The Morgan fingerprint density at radius 1 is 1.08 bits per heavy atom. The largest absolute Gasteiger partial charge is 0.497 e. The van der Waals surface area contributed by atoms with E-state index in [1.807, 2.05) is 0 Å². The molecule has 1 heterocycles. The summed E-state index contributed by atoms with van der Waals surface area (Å²) in [6.07, 6.45) is 1.20. The first-order chi connectivity index (χ1) is 11.3. The van der Waals surface area contributed by atoms with E-state index >= 15 is 0 Å². The van der Waals surface area contributed by atoms with Crippen LogP contribution >= 0.6 is 0 Å². The van der Waals surface area contributed by atoms with Crippen LogP contribution < -0.4 is 8.92 Å². The van der Waals surface area contributed by atoms with Crippen LogP contribution in [0.25, 0.3) is 6.08 Å². The van der Waals surface area contributed by atoms with E-state index in [1.54, 1.807) is 0 Å². The smallest absolute Gasteiger partial charge is 0.429 e. The van der Waals surface area contributed by atoms with Crippen molar-refractivity contribution in [2.75, 3.05) is 21.3 Å². The van der Waals surface area contributed by atoms with Crippen LogP contribution in [0.3, 0.4) is 0 Å². The Morgan fingerprint density at radius 2 is 1.75 bits per heavy atom. The molecule has 0 aliphatic carbocycles. The zero-order chi connectivity index (χ0) is 17.9. The Hall–Kier alpha value is -2.88. The third-order valence-corrected chi connectivity index (χ3v) is 3.75. The summed E-state index contributed by atoms with van der Waals surface area (Å²) in [5.41, 5.74) is -0.974. The maximum absolute atomic E-state index is 12.0. The lowest BCUT2D eigenvalue weighted by molar-refractivity contribution is -0.137. The Bertz CT molecular complexity index is 854. The average Bonchev–Trinajstić information content (AvgIpc) is 2.56. The minimum atomic E-state index is -4.56. The second-order valence-electron chi connectivity index (χ2n) is 4.40. The summed E-state index contributed by atoms with van der Waals surface area (Å²) in [4.78, 5) is 23.8. The number of nitrogens with zero attached hydrogens (tertiary/aromatic N) is 1. The number of carbonyl (C=O) groups excluding carboxylic acids is 2. The van der Waals surface area contributed by atoms with Crippen LogP contribution in [0.4, 0.5) is 0 Å². The van der Waals surface area contributed by atoms with Gasteiger partial charge in [0, 0.05) is 5.56 Å². The van der Waals surface area contributed by atoms with Crippen molar-refractivity contribution < 1.29 is 36.4 Å². The Morgan fingerprint density at radius 3 is 2.33 bits per heavy atom. The molecule has 1 aliphatic heterocycles. The number of carbonyl (C=O) groups is 2. The summed E-state index contributed by atoms with van der Waals surface area (Å²) in [5, 5.41) is 0. The van der Waals surface area contributed by atoms with Crippen LogP contribution in [0.1, 0.15) is 5.56 Å². The average molecular weight is 355 g/mol. The molecule has 0 atom stereocenters. The Balaban J connectivity index is 2.79. The van der Waals surface area contributed by atoms with Gasteiger partial charge in [0.15, 0.2) is 11.5 Å². The summed E-state index contributed by atoms with van der Waals surface area (Å²) in [7, 11) is -1.05. The van der Waals surface area contributed by atoms with Gasteiger partial charge in [0.25, 0.3) is 0 Å². The molecule has 1 aromatic carbocycles. The molecule has 0 saturated heterocycles. The summed E-state index contributed by atoms with van der Waals surface area (Å²) in [5.74, 6) is -1.81. The minimum Gasteiger partial charge on any atom is -0.497 e. The lowest BCUT2D eigenvalue weighted by Crippen LogP contribution is -2.27. The molecule has 0 amide bonds. The van der Waals surface area contributed by atoms with Gasteiger partial charge in [-0.25, -0.2) is 9.59 Å². The van der Waals surface area contributed by atoms with Crippen molar-refractivity contribution in [2.24, 2.45) is 4.40 Å². The predicted octanol–water partition coefficient (Wildman–Crippen LogP) is 0.503. The van der Waals surface area contributed by atoms with Gasteiger partial charge in [-0.3, -0.25) is 0 Å². The van der Waals surface area contributed by atoms with Crippen molar-refractivity contribution in [3.05, 3.63) is 29.3 Å². The van der Waals surface area contributed by atoms with Crippen LogP contribution in [0.5, 0.6) is 11.5 Å². The molecule has 9 nitrogen and oxygen atoms in total. The van der Waals surface area contributed by atoms with Gasteiger partial charge >= 0.3 is 22.2 Å². The maximum atomic E-state index is 12.0. The van der Waals surface area contributed by atoms with Gasteiger partial charge in [-0.2, -0.15) is 8.42 Å². The molecule has 0 unspecified atom stereocenters. The highest BCUT2D eigenvalue weighted by Gasteiger charge is 2.30. The number of benzene rings is 1. The molecule has 0 bridgehead atoms. The normalized spacial score (nSPS) is 19.8. The molecule has 1 aromatic rings. The van der Waals surface area contributed by atoms with E-state index in [4.69, 9.17) is 8.92 Å². The number of hydrogen-bond donors (Lipinski definition) is 0. The number of hydrogen-bond acceptors (Lipinski definition) is 8. The molecular formula is C14H13NO8S. The first-order valence-corrected chi connectivity index (χ1v) is 7.79. The van der Waals surface area contributed by atoms with Crippen LogP contribution in [-0.2, 0) is 29.4 Å². The molecule has 24 heavy (non-hydrogen) atoms. The van der Waals surface area contributed by atoms with Gasteiger partial charge in [0.1, 0.15) is 5.75 Å². The summed E-state index contributed by atoms with van der Waals surface area (Å²) >= 11 is 0. The second-order valence-corrected chi connectivity index (χ2v) is 5.60. The monoisotopic (exact) mass is 355 g/mol. The highest BCUT2D eigenvalue weighted by Crippen LogP contribution is 2.30. The van der Waals surface area contributed by atoms with Crippen molar-refractivity contribution in [3.8, 4) is 11.5 Å². The van der Waals surface area contributed by atoms with E-state index in [9.17, 15) is 18.0 Å². The van der Waals surface area contributed by atoms with Crippen molar-refractivity contribution in [2.45, 2.75) is 0 Å². The van der Waals surface area contributed by atoms with E-state index in [-0.39, 0.29) is 11.3 Å². The standard InChI is InChI=1S/C14H13NO8S/c1-20-9-4-5-11-8(6-9)7-10(13(16)21-2)12(14(17)22-3)15-24(18,19)23-11/h4-7H,1-3H3/b10-7+,15-12+. The van der Waals surface area contributed by atoms with Crippen molar-refractivity contribution in [3.63, 3.8) is 0 Å². The first-order valence-electron chi connectivity index (χ1n) is 6.42. The topological polar surface area (TPSA) is 118 Å². The highest BCUT2D eigenvalue weighted by atomic mass is 32.2. The fourth-order valence-corrected chi connectivity index (χ4v) is 2.68. The zero-order valence-electron chi connectivity index (χ0n) is 12.9. The molecule has 0 radical (unpaired) electrons. The van der Waals surface area contributed by atoms with Crippen molar-refractivity contribution in [1.29, 1.82) is 0 Å². The van der Waals surface area contributed by atoms with Gasteiger partial charge in [-0.05, 0) is 24.3 Å². The summed E-state index contributed by atoms with van der Waals surface area (Å²) in [6.45, 7) is 0. The summed E-state index contributed by atoms with van der Waals surface area (Å²) < 4.78 is 46.2. The first kappa shape index (κ1) is 17.5. The van der Waals surface area contributed by atoms with Gasteiger partial charge < -0.3 is 18.4 Å². The molecule has 1 aliphatic rings. The molecule has 0 aromatic heterocycles. The van der Waals surface area contributed by atoms with Crippen molar-refractivity contribution >= 4 is 34.0 Å². The van der Waals surface area contributed by atoms with E-state index in [0.717, 1.165) is 14.2 Å². The van der Waals surface area contributed by atoms with Gasteiger partial charge in [-0.1, -0.05) is 0 Å². The molecular weight excluding hydrogens is 342 g/mol. The fourth-order valence-electron chi connectivity index (χ4n) is 1.87. The number of ether oxygens (including phenoxy) is 3. The molecule has 128 valence electrons. The van der Waals surface area contributed by atoms with E-state index < -0.39 is 33.5 Å². The van der Waals surface area contributed by atoms with Gasteiger partial charge in [0.2, 0.25) is 0 Å². The van der Waals surface area contributed by atoms with Crippen LogP contribution in [0.2, 0.25) is 0 Å². The Kier molecular flexibility index (Phi) is 4.88. The zero-order valence-corrected chi connectivity index (χ0v) is 13.7. The second kappa shape index (κ2) is 6.71. The van der Waals surface area contributed by atoms with E-state index in [2.05, 4.69) is 13.9 Å². The molecule has 10 heteroatoms. The van der Waals surface area contributed by atoms with E-state index in [0.29, 0.717) is 5.75 Å². The molecule has 0 saturated carbocycles. The van der Waals surface area contributed by atoms with Gasteiger partial charge in [-0.15, -0.1) is 4.40 Å².